The molecule has 0 aromatic rings. The predicted octanol–water partition coefficient (Wildman–Crippen LogP) is 1.20. The van der Waals surface area contributed by atoms with E-state index in [1.165, 1.54) is 25.0 Å². The summed E-state index contributed by atoms with van der Waals surface area (Å²) in [5, 5.41) is 15.2. The molecule has 28 heavy (non-hydrogen) atoms. The highest BCUT2D eigenvalue weighted by atomic mass is 16.8. The number of aliphatic imine (C=N–C) groups is 1. The lowest BCUT2D eigenvalue weighted by Crippen LogP contribution is -2.62. The third kappa shape index (κ3) is 3.25. The minimum atomic E-state index is -0.716. The van der Waals surface area contributed by atoms with Crippen molar-refractivity contribution in [2.45, 2.75) is 62.8 Å². The first-order valence-corrected chi connectivity index (χ1v) is 10.6. The van der Waals surface area contributed by atoms with Gasteiger partial charge in [-0.05, 0) is 38.2 Å². The lowest BCUT2D eigenvalue weighted by Gasteiger charge is -2.45. The van der Waals surface area contributed by atoms with E-state index in [-0.39, 0.29) is 17.0 Å². The van der Waals surface area contributed by atoms with Crippen LogP contribution in [0.2, 0.25) is 0 Å². The normalized spacial score (nSPS) is 38.8. The van der Waals surface area contributed by atoms with Gasteiger partial charge in [0, 0.05) is 55.2 Å². The van der Waals surface area contributed by atoms with Crippen LogP contribution in [0.1, 0.15) is 38.5 Å². The molecule has 5 aliphatic rings. The maximum absolute atomic E-state index is 11.3. The van der Waals surface area contributed by atoms with Crippen LogP contribution < -0.4 is 5.48 Å². The smallest absolute Gasteiger partial charge is 0.256 e. The van der Waals surface area contributed by atoms with Crippen LogP contribution in [0.5, 0.6) is 0 Å². The Labute approximate surface area is 164 Å². The van der Waals surface area contributed by atoms with Crippen LogP contribution in [-0.2, 0) is 4.94 Å². The van der Waals surface area contributed by atoms with Crippen molar-refractivity contribution in [2.75, 3.05) is 26.2 Å². The zero-order valence-electron chi connectivity index (χ0n) is 16.1. The molecule has 5 rings (SSSR count). The molecule has 9 nitrogen and oxygen atoms in total. The van der Waals surface area contributed by atoms with Crippen molar-refractivity contribution in [3.8, 4) is 0 Å². The number of hydrogen-bond donors (Lipinski definition) is 1. The minimum Gasteiger partial charge on any atom is -0.299 e. The number of fused-ring (bicyclic) bond motifs is 2. The standard InChI is InChI=1S/C19H28N6O3/c26-25(27)16-7-6-15(18-19(16)22-28-21-18)23-9-11-24(12-10-23)17-8-5-13-3-1-2-4-14(13)20-17/h2,4,13,15-18,21H,1,3,5-12H2/t13?,15?,16-,17?,18?/m1/s1. The number of piperazine rings is 1. The molecule has 152 valence electrons. The van der Waals surface area contributed by atoms with E-state index < -0.39 is 6.04 Å². The largest absolute Gasteiger partial charge is 0.299 e. The van der Waals surface area contributed by atoms with Crippen molar-refractivity contribution in [1.82, 2.24) is 15.3 Å². The van der Waals surface area contributed by atoms with Gasteiger partial charge in [-0.25, -0.2) is 0 Å². The molecule has 1 saturated heterocycles. The summed E-state index contributed by atoms with van der Waals surface area (Å²) in [5.74, 6) is 0.672. The summed E-state index contributed by atoms with van der Waals surface area (Å²) in [5.41, 5.74) is 4.76. The zero-order chi connectivity index (χ0) is 19.1. The Morgan fingerprint density at radius 1 is 1.11 bits per heavy atom. The Balaban J connectivity index is 1.21. The van der Waals surface area contributed by atoms with Crippen LogP contribution in [-0.4, -0.2) is 76.6 Å². The third-order valence-electron chi connectivity index (χ3n) is 7.07. The van der Waals surface area contributed by atoms with Gasteiger partial charge in [-0.2, -0.15) is 0 Å². The van der Waals surface area contributed by atoms with Crippen LogP contribution in [0.3, 0.4) is 0 Å². The molecule has 1 saturated carbocycles. The number of oxime groups is 1. The van der Waals surface area contributed by atoms with E-state index in [1.54, 1.807) is 0 Å². The van der Waals surface area contributed by atoms with E-state index in [2.05, 4.69) is 32.6 Å². The molecule has 2 fully saturated rings. The SMILES string of the molecule is O=[N+]([O-])[C@@H]1CCC(N2CCN(C3CCC4CCC=CC4=N3)CC2)C2NON=C21. The molecule has 0 radical (unpaired) electrons. The average Bonchev–Trinajstić information content (AvgIpc) is 3.22. The number of hydroxylamine groups is 1. The number of nitro groups is 1. The first-order chi connectivity index (χ1) is 13.7. The van der Waals surface area contributed by atoms with E-state index in [4.69, 9.17) is 9.93 Å². The fraction of sp³-hybridized carbons (Fsp3) is 0.789. The molecule has 1 N–H and O–H groups in total. The Bertz CT molecular complexity index is 714. The van der Waals surface area contributed by atoms with Crippen LogP contribution in [0, 0.1) is 16.0 Å². The Kier molecular flexibility index (Phi) is 4.90. The van der Waals surface area contributed by atoms with Gasteiger partial charge in [0.2, 0.25) is 0 Å². The van der Waals surface area contributed by atoms with E-state index in [9.17, 15) is 10.1 Å². The summed E-state index contributed by atoms with van der Waals surface area (Å²) in [4.78, 5) is 26.1. The number of allylic oxidation sites excluding steroid dienone is 2. The van der Waals surface area contributed by atoms with Crippen LogP contribution >= 0.6 is 0 Å². The summed E-state index contributed by atoms with van der Waals surface area (Å²) >= 11 is 0. The molecule has 4 unspecified atom stereocenters. The van der Waals surface area contributed by atoms with Crippen LogP contribution in [0.25, 0.3) is 0 Å². The number of rotatable bonds is 3. The molecule has 0 aromatic heterocycles. The maximum atomic E-state index is 11.3. The molecule has 0 amide bonds. The van der Waals surface area contributed by atoms with E-state index in [0.29, 0.717) is 24.2 Å². The van der Waals surface area contributed by atoms with Crippen molar-refractivity contribution in [2.24, 2.45) is 16.1 Å². The molecular weight excluding hydrogens is 360 g/mol. The van der Waals surface area contributed by atoms with E-state index in [0.717, 1.165) is 39.0 Å². The van der Waals surface area contributed by atoms with E-state index in [1.807, 2.05) is 0 Å². The molecule has 5 atom stereocenters. The third-order valence-corrected chi connectivity index (χ3v) is 7.07. The van der Waals surface area contributed by atoms with Gasteiger partial charge in [0.1, 0.15) is 12.2 Å². The Morgan fingerprint density at radius 3 is 2.75 bits per heavy atom. The minimum absolute atomic E-state index is 0.168. The Morgan fingerprint density at radius 2 is 1.93 bits per heavy atom. The highest BCUT2D eigenvalue weighted by Gasteiger charge is 2.48. The first-order valence-electron chi connectivity index (χ1n) is 10.6. The molecule has 0 bridgehead atoms. The van der Waals surface area contributed by atoms with Gasteiger partial charge in [0.25, 0.3) is 6.04 Å². The lowest BCUT2D eigenvalue weighted by atomic mass is 9.84. The second kappa shape index (κ2) is 7.53. The summed E-state index contributed by atoms with van der Waals surface area (Å²) in [7, 11) is 0. The number of nitrogens with zero attached hydrogens (tertiary/aromatic N) is 5. The topological polar surface area (TPSA) is 95.6 Å². The van der Waals surface area contributed by atoms with Gasteiger partial charge in [-0.15, -0.1) is 5.48 Å². The number of nitrogens with one attached hydrogen (secondary N) is 1. The number of hydrogen-bond acceptors (Lipinski definition) is 8. The zero-order valence-corrected chi connectivity index (χ0v) is 16.1. The monoisotopic (exact) mass is 388 g/mol. The van der Waals surface area contributed by atoms with Crippen molar-refractivity contribution in [3.63, 3.8) is 0 Å². The summed E-state index contributed by atoms with van der Waals surface area (Å²) in [6, 6.07) is -0.672. The van der Waals surface area contributed by atoms with Gasteiger partial charge < -0.3 is 0 Å². The highest BCUT2D eigenvalue weighted by molar-refractivity contribution is 5.98. The second-order valence-electron chi connectivity index (χ2n) is 8.51. The maximum Gasteiger partial charge on any atom is 0.256 e. The molecule has 9 heteroatoms. The first kappa shape index (κ1) is 18.2. The quantitative estimate of drug-likeness (QED) is 0.577. The lowest BCUT2D eigenvalue weighted by molar-refractivity contribution is -0.505. The van der Waals surface area contributed by atoms with Crippen LogP contribution in [0.4, 0.5) is 0 Å². The summed E-state index contributed by atoms with van der Waals surface area (Å²) in [6.45, 7) is 3.90. The Hall–Kier alpha value is -1.84. The van der Waals surface area contributed by atoms with Crippen molar-refractivity contribution < 1.29 is 9.86 Å². The molecule has 3 heterocycles. The predicted molar refractivity (Wildman–Crippen MR) is 105 cm³/mol. The van der Waals surface area contributed by atoms with Gasteiger partial charge >= 0.3 is 0 Å². The molecule has 0 spiro atoms. The van der Waals surface area contributed by atoms with Crippen LogP contribution in [0.15, 0.2) is 22.3 Å². The van der Waals surface area contributed by atoms with Gasteiger partial charge in [-0.3, -0.25) is 29.8 Å². The summed E-state index contributed by atoms with van der Waals surface area (Å²) < 4.78 is 0. The molecule has 0 aromatic carbocycles. The highest BCUT2D eigenvalue weighted by Crippen LogP contribution is 2.31. The molecular formula is C19H28N6O3. The fourth-order valence-electron chi connectivity index (χ4n) is 5.49. The summed E-state index contributed by atoms with van der Waals surface area (Å²) in [6.07, 6.45) is 11.0. The van der Waals surface area contributed by atoms with Gasteiger partial charge in [-0.1, -0.05) is 11.2 Å². The molecule has 3 aliphatic heterocycles. The molecule has 2 aliphatic carbocycles. The second-order valence-corrected chi connectivity index (χ2v) is 8.51. The van der Waals surface area contributed by atoms with Crippen molar-refractivity contribution in [1.29, 1.82) is 0 Å². The van der Waals surface area contributed by atoms with E-state index >= 15 is 0 Å². The average molecular weight is 388 g/mol. The fourth-order valence-corrected chi connectivity index (χ4v) is 5.49. The van der Waals surface area contributed by atoms with Crippen molar-refractivity contribution >= 4 is 11.4 Å². The van der Waals surface area contributed by atoms with Gasteiger partial charge in [0.15, 0.2) is 5.71 Å². The van der Waals surface area contributed by atoms with Crippen molar-refractivity contribution in [3.05, 3.63) is 22.3 Å². The van der Waals surface area contributed by atoms with Gasteiger partial charge in [0.05, 0.1) is 0 Å².